The fourth-order valence-electron chi connectivity index (χ4n) is 2.54. The van der Waals surface area contributed by atoms with Crippen LogP contribution in [0.1, 0.15) is 29.0 Å². The topological polar surface area (TPSA) is 81.4 Å². The molecule has 0 bridgehead atoms. The Balaban J connectivity index is 1.48. The van der Waals surface area contributed by atoms with E-state index in [2.05, 4.69) is 31.1 Å². The van der Waals surface area contributed by atoms with Crippen molar-refractivity contribution >= 4 is 21.8 Å². The molecule has 0 unspecified atom stereocenters. The molecule has 8 heteroatoms. The van der Waals surface area contributed by atoms with Crippen molar-refractivity contribution in [2.45, 2.75) is 19.8 Å². The zero-order valence-corrected chi connectivity index (χ0v) is 14.3. The Morgan fingerprint density at radius 3 is 2.65 bits per heavy atom. The molecule has 3 rings (SSSR count). The third kappa shape index (κ3) is 3.87. The lowest BCUT2D eigenvalue weighted by molar-refractivity contribution is 0.0655. The van der Waals surface area contributed by atoms with Crippen molar-refractivity contribution in [3.63, 3.8) is 0 Å². The summed E-state index contributed by atoms with van der Waals surface area (Å²) in [6, 6.07) is 0.381. The van der Waals surface area contributed by atoms with Gasteiger partial charge in [-0.15, -0.1) is 0 Å². The maximum absolute atomic E-state index is 12.4. The van der Waals surface area contributed by atoms with Gasteiger partial charge in [0.2, 0.25) is 0 Å². The van der Waals surface area contributed by atoms with Crippen molar-refractivity contribution in [2.75, 3.05) is 19.7 Å². The van der Waals surface area contributed by atoms with Crippen LogP contribution >= 0.6 is 15.9 Å². The Kier molecular flexibility index (Phi) is 4.90. The first kappa shape index (κ1) is 15.9. The number of likely N-dealkylation sites (tertiary alicyclic amines) is 1. The lowest BCUT2D eigenvalue weighted by Gasteiger charge is -2.31. The number of aryl methyl sites for hydroxylation is 1. The summed E-state index contributed by atoms with van der Waals surface area (Å²) in [5.41, 5.74) is 0.544. The summed E-state index contributed by atoms with van der Waals surface area (Å²) in [4.78, 5) is 22.4. The van der Waals surface area contributed by atoms with Crippen molar-refractivity contribution in [2.24, 2.45) is 5.92 Å². The highest BCUT2D eigenvalue weighted by Crippen LogP contribution is 2.21. The van der Waals surface area contributed by atoms with Crippen LogP contribution in [0.15, 0.2) is 27.6 Å². The van der Waals surface area contributed by atoms with Crippen LogP contribution in [-0.2, 0) is 0 Å². The zero-order valence-electron chi connectivity index (χ0n) is 12.7. The number of piperidine rings is 1. The molecule has 2 aromatic rings. The number of carbonyl (C=O) groups excluding carboxylic acids is 1. The standard InChI is InChI=1S/C15H17BrN4O3/c1-10-13(8-19-23-10)14(21)20-4-2-11(3-5-20)9-22-15-17-6-12(16)7-18-15/h6-8,11H,2-5,9H2,1H3. The van der Waals surface area contributed by atoms with Gasteiger partial charge in [-0.2, -0.15) is 0 Å². The second-order valence-corrected chi connectivity index (χ2v) is 6.44. The molecule has 1 aliphatic rings. The fraction of sp³-hybridized carbons (Fsp3) is 0.467. The Morgan fingerprint density at radius 1 is 1.35 bits per heavy atom. The minimum absolute atomic E-state index is 0.0145. The van der Waals surface area contributed by atoms with Crippen LogP contribution in [-0.4, -0.2) is 45.6 Å². The van der Waals surface area contributed by atoms with Gasteiger partial charge < -0.3 is 14.2 Å². The second kappa shape index (κ2) is 7.08. The molecule has 1 fully saturated rings. The largest absolute Gasteiger partial charge is 0.463 e. The van der Waals surface area contributed by atoms with E-state index in [1.54, 1.807) is 19.3 Å². The molecule has 23 heavy (non-hydrogen) atoms. The van der Waals surface area contributed by atoms with Gasteiger partial charge in [0.1, 0.15) is 11.3 Å². The van der Waals surface area contributed by atoms with Gasteiger partial charge in [0, 0.05) is 25.5 Å². The predicted octanol–water partition coefficient (Wildman–Crippen LogP) is 2.47. The van der Waals surface area contributed by atoms with E-state index in [9.17, 15) is 4.79 Å². The average molecular weight is 381 g/mol. The summed E-state index contributed by atoms with van der Waals surface area (Å²) in [5, 5.41) is 3.66. The van der Waals surface area contributed by atoms with Crippen molar-refractivity contribution in [1.82, 2.24) is 20.0 Å². The molecule has 0 aromatic carbocycles. The highest BCUT2D eigenvalue weighted by molar-refractivity contribution is 9.10. The van der Waals surface area contributed by atoms with Gasteiger partial charge >= 0.3 is 6.01 Å². The van der Waals surface area contributed by atoms with Crippen LogP contribution in [0.2, 0.25) is 0 Å². The number of hydrogen-bond acceptors (Lipinski definition) is 6. The van der Waals surface area contributed by atoms with Gasteiger partial charge in [-0.05, 0) is 41.6 Å². The van der Waals surface area contributed by atoms with E-state index in [-0.39, 0.29) is 5.91 Å². The lowest BCUT2D eigenvalue weighted by Crippen LogP contribution is -2.39. The van der Waals surface area contributed by atoms with E-state index < -0.39 is 0 Å². The van der Waals surface area contributed by atoms with Gasteiger partial charge in [-0.3, -0.25) is 4.79 Å². The number of amides is 1. The number of carbonyl (C=O) groups is 1. The number of hydrogen-bond donors (Lipinski definition) is 0. The van der Waals surface area contributed by atoms with Crippen LogP contribution in [0.5, 0.6) is 6.01 Å². The quantitative estimate of drug-likeness (QED) is 0.810. The molecule has 2 aromatic heterocycles. The molecule has 122 valence electrons. The van der Waals surface area contributed by atoms with Crippen molar-refractivity contribution in [3.05, 3.63) is 34.4 Å². The number of halogens is 1. The normalized spacial score (nSPS) is 15.7. The summed E-state index contributed by atoms with van der Waals surface area (Å²) < 4.78 is 11.4. The Labute approximate surface area is 142 Å². The van der Waals surface area contributed by atoms with E-state index in [1.165, 1.54) is 6.20 Å². The Bertz CT molecular complexity index is 666. The van der Waals surface area contributed by atoms with E-state index in [4.69, 9.17) is 9.26 Å². The van der Waals surface area contributed by atoms with E-state index in [0.29, 0.717) is 42.9 Å². The van der Waals surface area contributed by atoms with Crippen LogP contribution in [0.3, 0.4) is 0 Å². The highest BCUT2D eigenvalue weighted by atomic mass is 79.9. The molecule has 0 spiro atoms. The molecule has 7 nitrogen and oxygen atoms in total. The highest BCUT2D eigenvalue weighted by Gasteiger charge is 2.26. The molecule has 0 saturated carbocycles. The maximum Gasteiger partial charge on any atom is 0.316 e. The summed E-state index contributed by atoms with van der Waals surface area (Å²) in [5.74, 6) is 0.946. The number of aromatic nitrogens is 3. The molecule has 1 aliphatic heterocycles. The number of nitrogens with zero attached hydrogens (tertiary/aromatic N) is 4. The second-order valence-electron chi connectivity index (χ2n) is 5.53. The van der Waals surface area contributed by atoms with Crippen LogP contribution < -0.4 is 4.74 Å². The molecule has 0 aliphatic carbocycles. The third-order valence-electron chi connectivity index (χ3n) is 3.93. The molecule has 1 saturated heterocycles. The molecular weight excluding hydrogens is 364 g/mol. The van der Waals surface area contributed by atoms with Gasteiger partial charge in [0.05, 0.1) is 17.3 Å². The van der Waals surface area contributed by atoms with Crippen molar-refractivity contribution in [1.29, 1.82) is 0 Å². The molecule has 0 N–H and O–H groups in total. The SMILES string of the molecule is Cc1oncc1C(=O)N1CCC(COc2ncc(Br)cn2)CC1. The van der Waals surface area contributed by atoms with Gasteiger partial charge in [0.25, 0.3) is 5.91 Å². The third-order valence-corrected chi connectivity index (χ3v) is 4.34. The Hall–Kier alpha value is -1.96. The van der Waals surface area contributed by atoms with Crippen LogP contribution in [0.4, 0.5) is 0 Å². The summed E-state index contributed by atoms with van der Waals surface area (Å²) in [6.07, 6.45) is 6.59. The average Bonchev–Trinajstić information content (AvgIpc) is 3.00. The molecule has 0 radical (unpaired) electrons. The van der Waals surface area contributed by atoms with Crippen molar-refractivity contribution < 1.29 is 14.1 Å². The first-order valence-corrected chi connectivity index (χ1v) is 8.23. The van der Waals surface area contributed by atoms with Crippen LogP contribution in [0, 0.1) is 12.8 Å². The molecule has 1 amide bonds. The number of ether oxygens (including phenoxy) is 1. The maximum atomic E-state index is 12.4. The van der Waals surface area contributed by atoms with Crippen LogP contribution in [0.25, 0.3) is 0 Å². The first-order chi connectivity index (χ1) is 11.1. The fourth-order valence-corrected chi connectivity index (χ4v) is 2.75. The van der Waals surface area contributed by atoms with E-state index >= 15 is 0 Å². The summed E-state index contributed by atoms with van der Waals surface area (Å²) in [6.45, 7) is 3.73. The zero-order chi connectivity index (χ0) is 16.2. The first-order valence-electron chi connectivity index (χ1n) is 7.44. The van der Waals surface area contributed by atoms with Crippen molar-refractivity contribution in [3.8, 4) is 6.01 Å². The summed E-state index contributed by atoms with van der Waals surface area (Å²) in [7, 11) is 0. The monoisotopic (exact) mass is 380 g/mol. The molecule has 0 atom stereocenters. The number of rotatable bonds is 4. The predicted molar refractivity (Wildman–Crippen MR) is 85.1 cm³/mol. The molecule has 3 heterocycles. The van der Waals surface area contributed by atoms with Gasteiger partial charge in [-0.25, -0.2) is 9.97 Å². The minimum atomic E-state index is -0.0145. The van der Waals surface area contributed by atoms with Gasteiger partial charge in [-0.1, -0.05) is 5.16 Å². The van der Waals surface area contributed by atoms with Gasteiger partial charge in [0.15, 0.2) is 0 Å². The molecular formula is C15H17BrN4O3. The smallest absolute Gasteiger partial charge is 0.316 e. The van der Waals surface area contributed by atoms with E-state index in [1.807, 2.05) is 4.90 Å². The minimum Gasteiger partial charge on any atom is -0.463 e. The lowest BCUT2D eigenvalue weighted by atomic mass is 9.97. The van der Waals surface area contributed by atoms with E-state index in [0.717, 1.165) is 17.3 Å². The summed E-state index contributed by atoms with van der Waals surface area (Å²) >= 11 is 3.29. The Morgan fingerprint density at radius 2 is 2.04 bits per heavy atom.